The molecule has 5 heteroatoms. The second-order valence-electron chi connectivity index (χ2n) is 3.90. The topological polar surface area (TPSA) is 59.5 Å². The fourth-order valence-corrected chi connectivity index (χ4v) is 1.87. The first-order chi connectivity index (χ1) is 7.66. The number of piperazine rings is 1. The number of carbonyl (C=O) groups is 1. The van der Waals surface area contributed by atoms with Crippen molar-refractivity contribution in [2.45, 2.75) is 6.92 Å². The maximum absolute atomic E-state index is 10.6. The number of anilines is 1. The maximum atomic E-state index is 10.6. The molecule has 1 aliphatic heterocycles. The highest BCUT2D eigenvalue weighted by atomic mass is 16.4. The Morgan fingerprint density at radius 2 is 2.06 bits per heavy atom. The monoisotopic (exact) mass is 220 g/mol. The summed E-state index contributed by atoms with van der Waals surface area (Å²) in [6.07, 6.45) is 0.695. The predicted octanol–water partition coefficient (Wildman–Crippen LogP) is -0.145. The number of hydrogen-bond donors (Lipinski definition) is 0. The molecule has 0 N–H and O–H groups in total. The van der Waals surface area contributed by atoms with Crippen LogP contribution in [0.4, 0.5) is 10.5 Å². The highest BCUT2D eigenvalue weighted by molar-refractivity contribution is 5.63. The number of aryl methyl sites for hydroxylation is 1. The fourth-order valence-electron chi connectivity index (χ4n) is 1.87. The van der Waals surface area contributed by atoms with Crippen LogP contribution in [-0.4, -0.2) is 42.2 Å². The van der Waals surface area contributed by atoms with E-state index in [-0.39, 0.29) is 0 Å². The third-order valence-corrected chi connectivity index (χ3v) is 2.78. The van der Waals surface area contributed by atoms with Crippen LogP contribution >= 0.6 is 0 Å². The zero-order chi connectivity index (χ0) is 11.5. The van der Waals surface area contributed by atoms with Crippen LogP contribution in [0.5, 0.6) is 0 Å². The molecule has 1 amide bonds. The Morgan fingerprint density at radius 3 is 2.62 bits per heavy atom. The van der Waals surface area contributed by atoms with Gasteiger partial charge in [0.1, 0.15) is 6.09 Å². The van der Waals surface area contributed by atoms with Gasteiger partial charge in [-0.3, -0.25) is 4.98 Å². The zero-order valence-electron chi connectivity index (χ0n) is 9.22. The molecule has 0 radical (unpaired) electrons. The second kappa shape index (κ2) is 4.38. The van der Waals surface area contributed by atoms with Crippen molar-refractivity contribution < 1.29 is 9.90 Å². The number of carbonyl (C=O) groups excluding carboxylic acids is 1. The zero-order valence-corrected chi connectivity index (χ0v) is 9.22. The SMILES string of the molecule is Cc1cc(N2CCN(C(=O)[O-])CC2)ccn1. The molecule has 1 aromatic rings. The van der Waals surface area contributed by atoms with Crippen molar-refractivity contribution >= 4 is 11.8 Å². The maximum Gasteiger partial charge on any atom is 0.137 e. The lowest BCUT2D eigenvalue weighted by molar-refractivity contribution is -0.265. The second-order valence-corrected chi connectivity index (χ2v) is 3.90. The molecule has 0 unspecified atom stereocenters. The number of aromatic nitrogens is 1. The van der Waals surface area contributed by atoms with E-state index < -0.39 is 6.09 Å². The van der Waals surface area contributed by atoms with Crippen LogP contribution in [0.15, 0.2) is 18.3 Å². The first-order valence-electron chi connectivity index (χ1n) is 5.30. The summed E-state index contributed by atoms with van der Waals surface area (Å²) in [6, 6.07) is 3.95. The molecule has 16 heavy (non-hydrogen) atoms. The lowest BCUT2D eigenvalue weighted by atomic mass is 10.2. The average molecular weight is 220 g/mol. The van der Waals surface area contributed by atoms with Gasteiger partial charge in [0.15, 0.2) is 0 Å². The van der Waals surface area contributed by atoms with Gasteiger partial charge in [-0.05, 0) is 19.1 Å². The largest absolute Gasteiger partial charge is 0.530 e. The summed E-state index contributed by atoms with van der Waals surface area (Å²) in [5.41, 5.74) is 2.07. The molecule has 5 nitrogen and oxygen atoms in total. The van der Waals surface area contributed by atoms with E-state index in [1.807, 2.05) is 19.1 Å². The Morgan fingerprint density at radius 1 is 1.38 bits per heavy atom. The van der Waals surface area contributed by atoms with E-state index in [0.717, 1.165) is 11.4 Å². The van der Waals surface area contributed by atoms with Crippen molar-refractivity contribution in [3.05, 3.63) is 24.0 Å². The van der Waals surface area contributed by atoms with E-state index in [1.54, 1.807) is 6.20 Å². The van der Waals surface area contributed by atoms with E-state index in [2.05, 4.69) is 9.88 Å². The summed E-state index contributed by atoms with van der Waals surface area (Å²) in [5, 5.41) is 10.6. The summed E-state index contributed by atoms with van der Waals surface area (Å²) in [7, 11) is 0. The molecule has 0 spiro atoms. The van der Waals surface area contributed by atoms with Crippen molar-refractivity contribution in [2.24, 2.45) is 0 Å². The normalized spacial score (nSPS) is 16.3. The number of hydrogen-bond acceptors (Lipinski definition) is 4. The van der Waals surface area contributed by atoms with Gasteiger partial charge in [0.05, 0.1) is 0 Å². The molecule has 0 bridgehead atoms. The van der Waals surface area contributed by atoms with Gasteiger partial charge in [0, 0.05) is 43.8 Å². The molecule has 1 aromatic heterocycles. The molecule has 2 rings (SSSR count). The third kappa shape index (κ3) is 2.24. The summed E-state index contributed by atoms with van der Waals surface area (Å²) in [5.74, 6) is 0. The van der Waals surface area contributed by atoms with E-state index in [0.29, 0.717) is 26.2 Å². The molecule has 0 aromatic carbocycles. The van der Waals surface area contributed by atoms with Crippen LogP contribution in [-0.2, 0) is 0 Å². The highest BCUT2D eigenvalue weighted by Crippen LogP contribution is 2.16. The van der Waals surface area contributed by atoms with E-state index in [4.69, 9.17) is 0 Å². The predicted molar refractivity (Wildman–Crippen MR) is 58.2 cm³/mol. The van der Waals surface area contributed by atoms with Gasteiger partial charge < -0.3 is 19.7 Å². The first-order valence-corrected chi connectivity index (χ1v) is 5.30. The van der Waals surface area contributed by atoms with Gasteiger partial charge in [-0.2, -0.15) is 0 Å². The molecule has 0 atom stereocenters. The van der Waals surface area contributed by atoms with Gasteiger partial charge in [0.25, 0.3) is 0 Å². The summed E-state index contributed by atoms with van der Waals surface area (Å²) in [6.45, 7) is 4.36. The average Bonchev–Trinajstić information content (AvgIpc) is 2.29. The summed E-state index contributed by atoms with van der Waals surface area (Å²) in [4.78, 5) is 18.3. The van der Waals surface area contributed by atoms with Crippen molar-refractivity contribution in [1.29, 1.82) is 0 Å². The van der Waals surface area contributed by atoms with E-state index in [9.17, 15) is 9.90 Å². The number of rotatable bonds is 1. The fraction of sp³-hybridized carbons (Fsp3) is 0.455. The summed E-state index contributed by atoms with van der Waals surface area (Å²) >= 11 is 0. The minimum atomic E-state index is -1.08. The minimum Gasteiger partial charge on any atom is -0.530 e. The Labute approximate surface area is 94.3 Å². The van der Waals surface area contributed by atoms with Gasteiger partial charge in [-0.15, -0.1) is 0 Å². The van der Waals surface area contributed by atoms with Crippen LogP contribution < -0.4 is 10.0 Å². The quantitative estimate of drug-likeness (QED) is 0.660. The van der Waals surface area contributed by atoms with Gasteiger partial charge >= 0.3 is 0 Å². The Bertz CT molecular complexity index is 387. The van der Waals surface area contributed by atoms with Crippen LogP contribution in [0.3, 0.4) is 0 Å². The van der Waals surface area contributed by atoms with Crippen molar-refractivity contribution in [3.63, 3.8) is 0 Å². The Balaban J connectivity index is 2.01. The number of pyridine rings is 1. The highest BCUT2D eigenvalue weighted by Gasteiger charge is 2.16. The third-order valence-electron chi connectivity index (χ3n) is 2.78. The number of amides is 1. The lowest BCUT2D eigenvalue weighted by Gasteiger charge is -2.37. The van der Waals surface area contributed by atoms with Crippen LogP contribution in [0.2, 0.25) is 0 Å². The Kier molecular flexibility index (Phi) is 2.94. The van der Waals surface area contributed by atoms with Gasteiger partial charge in [0.2, 0.25) is 0 Å². The van der Waals surface area contributed by atoms with Crippen molar-refractivity contribution in [1.82, 2.24) is 9.88 Å². The van der Waals surface area contributed by atoms with E-state index >= 15 is 0 Å². The van der Waals surface area contributed by atoms with Gasteiger partial charge in [-0.25, -0.2) is 0 Å². The number of carboxylic acid groups (broad SMARTS) is 1. The molecule has 86 valence electrons. The molecule has 1 aliphatic rings. The summed E-state index contributed by atoms with van der Waals surface area (Å²) < 4.78 is 0. The standard InChI is InChI=1S/C11H15N3O2/c1-9-8-10(2-3-12-9)13-4-6-14(7-5-13)11(15)16/h2-3,8H,4-7H2,1H3,(H,15,16)/p-1. The smallest absolute Gasteiger partial charge is 0.137 e. The van der Waals surface area contributed by atoms with Crippen molar-refractivity contribution in [3.8, 4) is 0 Å². The molecular weight excluding hydrogens is 206 g/mol. The minimum absolute atomic E-state index is 0.504. The lowest BCUT2D eigenvalue weighted by Crippen LogP contribution is -2.52. The van der Waals surface area contributed by atoms with Crippen LogP contribution in [0.1, 0.15) is 5.69 Å². The van der Waals surface area contributed by atoms with Crippen molar-refractivity contribution in [2.75, 3.05) is 31.1 Å². The molecule has 0 saturated carbocycles. The molecule has 0 aliphatic carbocycles. The van der Waals surface area contributed by atoms with Crippen LogP contribution in [0.25, 0.3) is 0 Å². The molecular formula is C11H14N3O2-. The first kappa shape index (κ1) is 10.7. The van der Waals surface area contributed by atoms with Crippen LogP contribution in [0, 0.1) is 6.92 Å². The molecule has 1 fully saturated rings. The molecule has 2 heterocycles. The Hall–Kier alpha value is -1.78. The van der Waals surface area contributed by atoms with E-state index in [1.165, 1.54) is 4.90 Å². The number of nitrogens with zero attached hydrogens (tertiary/aromatic N) is 3. The molecule has 1 saturated heterocycles. The van der Waals surface area contributed by atoms with Gasteiger partial charge in [-0.1, -0.05) is 0 Å².